The smallest absolute Gasteiger partial charge is 0.261 e. The lowest BCUT2D eigenvalue weighted by molar-refractivity contribution is 0.0939. The Morgan fingerprint density at radius 2 is 1.64 bits per heavy atom. The van der Waals surface area contributed by atoms with Crippen LogP contribution in [0.2, 0.25) is 5.02 Å². The number of hydrogen-bond acceptors (Lipinski definition) is 3. The molecule has 5 nitrogen and oxygen atoms in total. The summed E-state index contributed by atoms with van der Waals surface area (Å²) in [4.78, 5) is 12.6. The van der Waals surface area contributed by atoms with Crippen LogP contribution in [0.5, 0.6) is 0 Å². The number of carbonyl (C=O) groups is 1. The third-order valence-corrected chi connectivity index (χ3v) is 5.74. The van der Waals surface area contributed by atoms with Crippen molar-refractivity contribution >= 4 is 33.2 Å². The number of sulfonamides is 1. The summed E-state index contributed by atoms with van der Waals surface area (Å²) in [6.07, 6.45) is 0. The summed E-state index contributed by atoms with van der Waals surface area (Å²) in [6, 6.07) is 21.6. The first kappa shape index (κ1) is 19.9. The number of nitrogens with one attached hydrogen (secondary N) is 2. The maximum Gasteiger partial charge on any atom is 0.261 e. The predicted molar refractivity (Wildman–Crippen MR) is 111 cm³/mol. The predicted octanol–water partition coefficient (Wildman–Crippen LogP) is 4.63. The SMILES string of the molecule is CC(NC(=O)c1cccc(S(=O)(=O)Nc2cccc(Cl)c2)c1)c1ccccc1. The Balaban J connectivity index is 1.78. The van der Waals surface area contributed by atoms with Crippen LogP contribution in [0.25, 0.3) is 0 Å². The highest BCUT2D eigenvalue weighted by molar-refractivity contribution is 7.92. The molecular weight excluding hydrogens is 396 g/mol. The first-order chi connectivity index (χ1) is 13.3. The molecule has 0 aliphatic heterocycles. The third-order valence-electron chi connectivity index (χ3n) is 4.13. The minimum atomic E-state index is -3.86. The van der Waals surface area contributed by atoms with Gasteiger partial charge in [0.15, 0.2) is 0 Å². The highest BCUT2D eigenvalue weighted by Crippen LogP contribution is 2.20. The number of carbonyl (C=O) groups excluding carboxylic acids is 1. The van der Waals surface area contributed by atoms with Crippen molar-refractivity contribution in [3.63, 3.8) is 0 Å². The molecule has 0 heterocycles. The molecule has 7 heteroatoms. The molecule has 1 amide bonds. The number of hydrogen-bond donors (Lipinski definition) is 2. The van der Waals surface area contributed by atoms with Crippen molar-refractivity contribution in [3.8, 4) is 0 Å². The van der Waals surface area contributed by atoms with E-state index < -0.39 is 10.0 Å². The molecule has 0 fully saturated rings. The number of benzene rings is 3. The molecule has 0 saturated carbocycles. The fraction of sp³-hybridized carbons (Fsp3) is 0.0952. The fourth-order valence-electron chi connectivity index (χ4n) is 2.68. The summed E-state index contributed by atoms with van der Waals surface area (Å²) in [5.41, 5.74) is 1.57. The zero-order chi connectivity index (χ0) is 20.1. The van der Waals surface area contributed by atoms with Crippen LogP contribution in [-0.2, 0) is 10.0 Å². The van der Waals surface area contributed by atoms with Gasteiger partial charge in [0.1, 0.15) is 0 Å². The Morgan fingerprint density at radius 3 is 2.36 bits per heavy atom. The summed E-state index contributed by atoms with van der Waals surface area (Å²) in [6.45, 7) is 1.87. The van der Waals surface area contributed by atoms with Gasteiger partial charge in [-0.3, -0.25) is 9.52 Å². The van der Waals surface area contributed by atoms with Crippen LogP contribution < -0.4 is 10.0 Å². The van der Waals surface area contributed by atoms with Crippen molar-refractivity contribution in [1.29, 1.82) is 0 Å². The monoisotopic (exact) mass is 414 g/mol. The van der Waals surface area contributed by atoms with E-state index in [0.29, 0.717) is 10.7 Å². The topological polar surface area (TPSA) is 75.3 Å². The second-order valence-electron chi connectivity index (χ2n) is 6.25. The zero-order valence-electron chi connectivity index (χ0n) is 15.1. The molecule has 0 bridgehead atoms. The van der Waals surface area contributed by atoms with Gasteiger partial charge in [0.2, 0.25) is 0 Å². The molecule has 0 saturated heterocycles. The number of anilines is 1. The Bertz CT molecular complexity index is 1090. The Morgan fingerprint density at radius 1 is 0.929 bits per heavy atom. The van der Waals surface area contributed by atoms with Crippen LogP contribution in [0.15, 0.2) is 83.8 Å². The summed E-state index contributed by atoms with van der Waals surface area (Å²) in [5, 5.41) is 3.30. The molecule has 2 N–H and O–H groups in total. The summed E-state index contributed by atoms with van der Waals surface area (Å²) >= 11 is 5.90. The molecule has 144 valence electrons. The minimum Gasteiger partial charge on any atom is -0.346 e. The zero-order valence-corrected chi connectivity index (χ0v) is 16.7. The van der Waals surface area contributed by atoms with Crippen molar-refractivity contribution in [2.75, 3.05) is 4.72 Å². The van der Waals surface area contributed by atoms with Gasteiger partial charge < -0.3 is 5.32 Å². The number of rotatable bonds is 6. The second-order valence-corrected chi connectivity index (χ2v) is 8.37. The second kappa shape index (κ2) is 8.46. The van der Waals surface area contributed by atoms with Gasteiger partial charge in [0.05, 0.1) is 16.6 Å². The number of halogens is 1. The van der Waals surface area contributed by atoms with E-state index in [9.17, 15) is 13.2 Å². The molecule has 0 aliphatic rings. The van der Waals surface area contributed by atoms with Crippen LogP contribution >= 0.6 is 11.6 Å². The molecular formula is C21H19ClN2O3S. The maximum atomic E-state index is 12.6. The van der Waals surface area contributed by atoms with Crippen LogP contribution in [-0.4, -0.2) is 14.3 Å². The lowest BCUT2D eigenvalue weighted by Gasteiger charge is -2.15. The van der Waals surface area contributed by atoms with Gasteiger partial charge >= 0.3 is 0 Å². The van der Waals surface area contributed by atoms with Crippen molar-refractivity contribution < 1.29 is 13.2 Å². The molecule has 1 atom stereocenters. The molecule has 1 unspecified atom stereocenters. The Labute approximate surface area is 169 Å². The lowest BCUT2D eigenvalue weighted by Crippen LogP contribution is -2.26. The normalized spacial score (nSPS) is 12.2. The van der Waals surface area contributed by atoms with Crippen LogP contribution in [0.3, 0.4) is 0 Å². The summed E-state index contributed by atoms with van der Waals surface area (Å²) in [5.74, 6) is -0.351. The van der Waals surface area contributed by atoms with Crippen molar-refractivity contribution in [3.05, 3.63) is 95.0 Å². The molecule has 0 aromatic heterocycles. The first-order valence-corrected chi connectivity index (χ1v) is 10.5. The van der Waals surface area contributed by atoms with Gasteiger partial charge in [-0.25, -0.2) is 8.42 Å². The van der Waals surface area contributed by atoms with Gasteiger partial charge in [-0.05, 0) is 48.9 Å². The minimum absolute atomic E-state index is 0.00695. The maximum absolute atomic E-state index is 12.6. The summed E-state index contributed by atoms with van der Waals surface area (Å²) in [7, 11) is -3.86. The van der Waals surface area contributed by atoms with Crippen molar-refractivity contribution in [1.82, 2.24) is 5.32 Å². The van der Waals surface area contributed by atoms with Crippen molar-refractivity contribution in [2.45, 2.75) is 17.9 Å². The highest BCUT2D eigenvalue weighted by atomic mass is 35.5. The lowest BCUT2D eigenvalue weighted by atomic mass is 10.1. The Hall–Kier alpha value is -2.83. The van der Waals surface area contributed by atoms with Gasteiger partial charge in [-0.2, -0.15) is 0 Å². The van der Waals surface area contributed by atoms with Crippen molar-refractivity contribution in [2.24, 2.45) is 0 Å². The van der Waals surface area contributed by atoms with E-state index in [1.807, 2.05) is 37.3 Å². The van der Waals surface area contributed by atoms with E-state index in [1.54, 1.807) is 24.3 Å². The standard InChI is InChI=1S/C21H19ClN2O3S/c1-15(16-7-3-2-4-8-16)23-21(25)17-9-5-12-20(13-17)28(26,27)24-19-11-6-10-18(22)14-19/h2-15,24H,1H3,(H,23,25). The average Bonchev–Trinajstić information content (AvgIpc) is 2.68. The van der Waals surface area contributed by atoms with E-state index in [1.165, 1.54) is 24.3 Å². The van der Waals surface area contributed by atoms with Gasteiger partial charge in [-0.1, -0.05) is 54.1 Å². The fourth-order valence-corrected chi connectivity index (χ4v) is 3.96. The van der Waals surface area contributed by atoms with E-state index in [4.69, 9.17) is 11.6 Å². The molecule has 28 heavy (non-hydrogen) atoms. The van der Waals surface area contributed by atoms with E-state index in [2.05, 4.69) is 10.0 Å². The van der Waals surface area contributed by atoms with Crippen LogP contribution in [0, 0.1) is 0 Å². The molecule has 0 aliphatic carbocycles. The number of amides is 1. The molecule has 0 radical (unpaired) electrons. The van der Waals surface area contributed by atoms with E-state index in [-0.39, 0.29) is 22.4 Å². The molecule has 3 aromatic carbocycles. The quantitative estimate of drug-likeness (QED) is 0.617. The van der Waals surface area contributed by atoms with E-state index in [0.717, 1.165) is 5.56 Å². The van der Waals surface area contributed by atoms with Crippen LogP contribution in [0.4, 0.5) is 5.69 Å². The Kier molecular flexibility index (Phi) is 6.02. The molecule has 3 aromatic rings. The molecule has 0 spiro atoms. The van der Waals surface area contributed by atoms with Gasteiger partial charge in [-0.15, -0.1) is 0 Å². The van der Waals surface area contributed by atoms with Gasteiger partial charge in [0.25, 0.3) is 15.9 Å². The summed E-state index contributed by atoms with van der Waals surface area (Å²) < 4.78 is 27.8. The molecule has 3 rings (SSSR count). The van der Waals surface area contributed by atoms with Crippen LogP contribution in [0.1, 0.15) is 28.9 Å². The largest absolute Gasteiger partial charge is 0.346 e. The van der Waals surface area contributed by atoms with Gasteiger partial charge in [0, 0.05) is 10.6 Å². The average molecular weight is 415 g/mol. The highest BCUT2D eigenvalue weighted by Gasteiger charge is 2.18. The third kappa shape index (κ3) is 4.91. The van der Waals surface area contributed by atoms with E-state index >= 15 is 0 Å². The first-order valence-electron chi connectivity index (χ1n) is 8.59.